The molecule has 1 aliphatic carbocycles. The molecule has 2 aliphatic rings. The minimum atomic E-state index is -0.143. The first-order chi connectivity index (χ1) is 20.3. The fourth-order valence-electron chi connectivity index (χ4n) is 6.96. The standard InChI is InChI=1S/C36H48N4O2/c1-5-40(31-12-8-9-13-31)34-22-30(29-16-14-28(15-17-29)24-39-18-10-6-7-11-19-39)21-32(27(34)4)35(41)37-23-33-25(2)20-26(3)38-36(33)42/h14-17,20-22,31H,5-13,18-19,23-24H2,1-4H3,(H,37,41)(H,38,42). The van der Waals surface area contributed by atoms with Crippen molar-refractivity contribution in [3.8, 4) is 11.1 Å². The smallest absolute Gasteiger partial charge is 0.253 e. The van der Waals surface area contributed by atoms with Gasteiger partial charge in [-0.15, -0.1) is 0 Å². The largest absolute Gasteiger partial charge is 0.369 e. The molecule has 1 saturated heterocycles. The third-order valence-electron chi connectivity index (χ3n) is 9.35. The molecular weight excluding hydrogens is 520 g/mol. The van der Waals surface area contributed by atoms with Crippen molar-refractivity contribution in [2.75, 3.05) is 24.5 Å². The summed E-state index contributed by atoms with van der Waals surface area (Å²) in [5.74, 6) is -0.143. The molecule has 0 unspecified atom stereocenters. The molecule has 0 bridgehead atoms. The summed E-state index contributed by atoms with van der Waals surface area (Å²) < 4.78 is 0. The predicted molar refractivity (Wildman–Crippen MR) is 173 cm³/mol. The lowest BCUT2D eigenvalue weighted by Crippen LogP contribution is -2.34. The number of amides is 1. The highest BCUT2D eigenvalue weighted by atomic mass is 16.1. The third kappa shape index (κ3) is 6.97. The van der Waals surface area contributed by atoms with Gasteiger partial charge in [0.25, 0.3) is 11.5 Å². The predicted octanol–water partition coefficient (Wildman–Crippen LogP) is 7.04. The van der Waals surface area contributed by atoms with Crippen LogP contribution in [-0.4, -0.2) is 41.5 Å². The van der Waals surface area contributed by atoms with Crippen LogP contribution in [-0.2, 0) is 13.1 Å². The summed E-state index contributed by atoms with van der Waals surface area (Å²) >= 11 is 0. The van der Waals surface area contributed by atoms with Crippen LogP contribution >= 0.6 is 0 Å². The molecular formula is C36H48N4O2. The maximum atomic E-state index is 13.8. The van der Waals surface area contributed by atoms with E-state index in [0.29, 0.717) is 17.2 Å². The Labute approximate surface area is 251 Å². The number of aryl methyl sites for hydroxylation is 2. The minimum absolute atomic E-state index is 0.141. The van der Waals surface area contributed by atoms with Crippen LogP contribution in [0.1, 0.15) is 96.6 Å². The Morgan fingerprint density at radius 1 is 0.929 bits per heavy atom. The van der Waals surface area contributed by atoms with E-state index in [1.165, 1.54) is 70.0 Å². The minimum Gasteiger partial charge on any atom is -0.369 e. The van der Waals surface area contributed by atoms with Gasteiger partial charge in [0.15, 0.2) is 0 Å². The van der Waals surface area contributed by atoms with E-state index in [2.05, 4.69) is 64.3 Å². The molecule has 6 nitrogen and oxygen atoms in total. The lowest BCUT2D eigenvalue weighted by Gasteiger charge is -2.32. The number of carbonyl (C=O) groups excluding carboxylic acids is 1. The molecule has 1 amide bonds. The van der Waals surface area contributed by atoms with E-state index in [1.807, 2.05) is 26.0 Å². The van der Waals surface area contributed by atoms with Crippen molar-refractivity contribution in [1.29, 1.82) is 0 Å². The van der Waals surface area contributed by atoms with Gasteiger partial charge in [0, 0.05) is 48.2 Å². The van der Waals surface area contributed by atoms with Crippen LogP contribution in [0.25, 0.3) is 11.1 Å². The van der Waals surface area contributed by atoms with Gasteiger partial charge in [-0.3, -0.25) is 14.5 Å². The molecule has 3 aromatic rings. The number of hydrogen-bond donors (Lipinski definition) is 2. The van der Waals surface area contributed by atoms with Crippen LogP contribution in [0.3, 0.4) is 0 Å². The van der Waals surface area contributed by atoms with Crippen molar-refractivity contribution in [2.45, 2.75) is 98.2 Å². The second-order valence-electron chi connectivity index (χ2n) is 12.4. The second kappa shape index (κ2) is 13.7. The number of aromatic nitrogens is 1. The van der Waals surface area contributed by atoms with Crippen LogP contribution in [0.2, 0.25) is 0 Å². The van der Waals surface area contributed by atoms with Gasteiger partial charge in [0.05, 0.1) is 0 Å². The summed E-state index contributed by atoms with van der Waals surface area (Å²) in [6.07, 6.45) is 10.2. The van der Waals surface area contributed by atoms with Crippen LogP contribution in [0.15, 0.2) is 47.3 Å². The molecule has 6 heteroatoms. The first kappa shape index (κ1) is 30.1. The number of nitrogens with zero attached hydrogens (tertiary/aromatic N) is 2. The average molecular weight is 569 g/mol. The Balaban J connectivity index is 1.45. The van der Waals surface area contributed by atoms with Gasteiger partial charge in [0.1, 0.15) is 0 Å². The Bertz CT molecular complexity index is 1430. The molecule has 1 saturated carbocycles. The molecule has 2 heterocycles. The highest BCUT2D eigenvalue weighted by molar-refractivity contribution is 5.99. The first-order valence-corrected chi connectivity index (χ1v) is 16.0. The number of carbonyl (C=O) groups is 1. The van der Waals surface area contributed by atoms with E-state index in [1.54, 1.807) is 0 Å². The monoisotopic (exact) mass is 568 g/mol. The Hall–Kier alpha value is -3.38. The number of pyridine rings is 1. The van der Waals surface area contributed by atoms with Crippen molar-refractivity contribution in [3.63, 3.8) is 0 Å². The van der Waals surface area contributed by atoms with E-state index < -0.39 is 0 Å². The van der Waals surface area contributed by atoms with Gasteiger partial charge in [-0.05, 0) is 112 Å². The van der Waals surface area contributed by atoms with Gasteiger partial charge >= 0.3 is 0 Å². The van der Waals surface area contributed by atoms with E-state index in [-0.39, 0.29) is 18.0 Å². The maximum Gasteiger partial charge on any atom is 0.253 e. The van der Waals surface area contributed by atoms with Crippen molar-refractivity contribution >= 4 is 11.6 Å². The summed E-state index contributed by atoms with van der Waals surface area (Å²) in [5.41, 5.74) is 8.51. The first-order valence-electron chi connectivity index (χ1n) is 16.0. The average Bonchev–Trinajstić information content (AvgIpc) is 3.38. The zero-order chi connectivity index (χ0) is 29.6. The summed E-state index contributed by atoms with van der Waals surface area (Å²) in [5, 5.41) is 3.07. The highest BCUT2D eigenvalue weighted by Gasteiger charge is 2.25. The number of rotatable bonds is 9. The van der Waals surface area contributed by atoms with Crippen molar-refractivity contribution in [1.82, 2.24) is 15.2 Å². The van der Waals surface area contributed by atoms with Gasteiger partial charge in [0.2, 0.25) is 0 Å². The lowest BCUT2D eigenvalue weighted by molar-refractivity contribution is 0.0950. The Morgan fingerprint density at radius 2 is 1.62 bits per heavy atom. The number of anilines is 1. The molecule has 0 atom stereocenters. The normalized spacial score (nSPS) is 16.4. The van der Waals surface area contributed by atoms with Crippen molar-refractivity contribution in [3.05, 3.63) is 86.3 Å². The third-order valence-corrected chi connectivity index (χ3v) is 9.35. The second-order valence-corrected chi connectivity index (χ2v) is 12.4. The number of H-pyrrole nitrogens is 1. The molecule has 1 aromatic heterocycles. The summed E-state index contributed by atoms with van der Waals surface area (Å²) in [4.78, 5) is 34.3. The molecule has 2 aromatic carbocycles. The topological polar surface area (TPSA) is 68.4 Å². The molecule has 5 rings (SSSR count). The van der Waals surface area contributed by atoms with Gasteiger partial charge in [-0.1, -0.05) is 49.9 Å². The van der Waals surface area contributed by atoms with Crippen molar-refractivity contribution < 1.29 is 4.79 Å². The van der Waals surface area contributed by atoms with Crippen LogP contribution in [0.4, 0.5) is 5.69 Å². The fraction of sp³-hybridized carbons (Fsp3) is 0.500. The van der Waals surface area contributed by atoms with E-state index in [4.69, 9.17) is 0 Å². The van der Waals surface area contributed by atoms with E-state index in [9.17, 15) is 9.59 Å². The van der Waals surface area contributed by atoms with E-state index >= 15 is 0 Å². The summed E-state index contributed by atoms with van der Waals surface area (Å²) in [7, 11) is 0. The summed E-state index contributed by atoms with van der Waals surface area (Å²) in [6, 6.07) is 15.7. The van der Waals surface area contributed by atoms with Crippen LogP contribution in [0, 0.1) is 20.8 Å². The Kier molecular flexibility index (Phi) is 9.84. The zero-order valence-corrected chi connectivity index (χ0v) is 26.0. The summed E-state index contributed by atoms with van der Waals surface area (Å²) in [6.45, 7) is 12.5. The SMILES string of the molecule is CCN(c1cc(-c2ccc(CN3CCCCCC3)cc2)cc(C(=O)NCc2c(C)cc(C)[nH]c2=O)c1C)C1CCCC1. The molecule has 224 valence electrons. The Morgan fingerprint density at radius 3 is 2.26 bits per heavy atom. The number of benzene rings is 2. The maximum absolute atomic E-state index is 13.8. The number of nitrogens with one attached hydrogen (secondary N) is 2. The van der Waals surface area contributed by atoms with Crippen LogP contribution in [0.5, 0.6) is 0 Å². The fourth-order valence-corrected chi connectivity index (χ4v) is 6.96. The number of aromatic amines is 1. The molecule has 42 heavy (non-hydrogen) atoms. The molecule has 0 spiro atoms. The molecule has 0 radical (unpaired) electrons. The zero-order valence-electron chi connectivity index (χ0n) is 26.0. The van der Waals surface area contributed by atoms with Gasteiger partial charge in [-0.25, -0.2) is 0 Å². The van der Waals surface area contributed by atoms with Gasteiger partial charge in [-0.2, -0.15) is 0 Å². The van der Waals surface area contributed by atoms with Crippen molar-refractivity contribution in [2.24, 2.45) is 0 Å². The number of hydrogen-bond acceptors (Lipinski definition) is 4. The number of likely N-dealkylation sites (tertiary alicyclic amines) is 1. The quantitative estimate of drug-likeness (QED) is 0.290. The molecule has 1 aliphatic heterocycles. The lowest BCUT2D eigenvalue weighted by atomic mass is 9.95. The van der Waals surface area contributed by atoms with Crippen LogP contribution < -0.4 is 15.8 Å². The van der Waals surface area contributed by atoms with Gasteiger partial charge < -0.3 is 15.2 Å². The highest BCUT2D eigenvalue weighted by Crippen LogP contribution is 2.35. The van der Waals surface area contributed by atoms with E-state index in [0.717, 1.165) is 46.7 Å². The molecule has 2 fully saturated rings. The molecule has 2 N–H and O–H groups in total.